The van der Waals surface area contributed by atoms with E-state index in [1.165, 1.54) is 44.1 Å². The van der Waals surface area contributed by atoms with Crippen LogP contribution in [-0.4, -0.2) is 24.1 Å². The van der Waals surface area contributed by atoms with E-state index in [0.29, 0.717) is 41.6 Å². The average Bonchev–Trinajstić information content (AvgIpc) is 3.42. The van der Waals surface area contributed by atoms with Crippen molar-refractivity contribution in [2.75, 3.05) is 0 Å². The second-order valence-electron chi connectivity index (χ2n) is 16.6. The minimum Gasteiger partial charge on any atom is -0.462 e. The van der Waals surface area contributed by atoms with E-state index in [1.807, 2.05) is 0 Å². The standard InChI is InChI=1S/C36H54O4/c1-21(2)24-12-17-36(29-20-22(3)31(38)40-29)19-18-34(8)25(30(24)36)10-11-27-33(7)15-14-28(39-23(4)37)32(5,6)26(33)13-16-35(27,34)9/h24-30H,1,3,10-20H2,2,4-9H3/t24-,25+,26-,27+,28-,29+,30+,33-,34+,35+,36+/m0/s1. The van der Waals surface area contributed by atoms with E-state index in [-0.39, 0.29) is 51.2 Å². The highest BCUT2D eigenvalue weighted by Crippen LogP contribution is 2.78. The van der Waals surface area contributed by atoms with Gasteiger partial charge in [0.1, 0.15) is 12.2 Å². The molecule has 0 aromatic rings. The zero-order valence-corrected chi connectivity index (χ0v) is 26.4. The van der Waals surface area contributed by atoms with E-state index in [0.717, 1.165) is 25.7 Å². The smallest absolute Gasteiger partial charge is 0.333 e. The normalized spacial score (nSPS) is 51.1. The van der Waals surface area contributed by atoms with Crippen molar-refractivity contribution in [3.8, 4) is 0 Å². The van der Waals surface area contributed by atoms with E-state index >= 15 is 0 Å². The maximum atomic E-state index is 12.5. The van der Waals surface area contributed by atoms with Crippen LogP contribution in [-0.2, 0) is 19.1 Å². The molecule has 1 aliphatic heterocycles. The molecule has 4 nitrogen and oxygen atoms in total. The first-order chi connectivity index (χ1) is 18.6. The van der Waals surface area contributed by atoms with Gasteiger partial charge in [-0.2, -0.15) is 0 Å². The van der Waals surface area contributed by atoms with E-state index in [2.05, 4.69) is 54.7 Å². The third kappa shape index (κ3) is 3.55. The van der Waals surface area contributed by atoms with Gasteiger partial charge < -0.3 is 9.47 Å². The molecular formula is C36H54O4. The Bertz CT molecular complexity index is 1120. The van der Waals surface area contributed by atoms with Crippen LogP contribution in [0.4, 0.5) is 0 Å². The highest BCUT2D eigenvalue weighted by atomic mass is 16.6. The highest BCUT2D eigenvalue weighted by molar-refractivity contribution is 5.90. The van der Waals surface area contributed by atoms with Crippen LogP contribution in [0, 0.1) is 56.7 Å². The Morgan fingerprint density at radius 1 is 0.875 bits per heavy atom. The molecule has 40 heavy (non-hydrogen) atoms. The van der Waals surface area contributed by atoms with Gasteiger partial charge in [-0.1, -0.05) is 53.3 Å². The molecule has 0 bridgehead atoms. The lowest BCUT2D eigenvalue weighted by atomic mass is 9.32. The molecule has 1 heterocycles. The van der Waals surface area contributed by atoms with Crippen LogP contribution in [0.25, 0.3) is 0 Å². The summed E-state index contributed by atoms with van der Waals surface area (Å²) in [4.78, 5) is 24.5. The summed E-state index contributed by atoms with van der Waals surface area (Å²) in [7, 11) is 0. The molecule has 4 heteroatoms. The third-order valence-electron chi connectivity index (χ3n) is 15.0. The summed E-state index contributed by atoms with van der Waals surface area (Å²) >= 11 is 0. The molecule has 1 saturated heterocycles. The van der Waals surface area contributed by atoms with Gasteiger partial charge in [-0.15, -0.1) is 0 Å². The number of carbonyl (C=O) groups excluding carboxylic acids is 2. The first-order valence-corrected chi connectivity index (χ1v) is 16.3. The number of rotatable bonds is 3. The number of hydrogen-bond acceptors (Lipinski definition) is 4. The summed E-state index contributed by atoms with van der Waals surface area (Å²) in [6, 6.07) is 0. The maximum Gasteiger partial charge on any atom is 0.333 e. The molecule has 6 rings (SSSR count). The first kappa shape index (κ1) is 28.5. The van der Waals surface area contributed by atoms with Gasteiger partial charge in [0.2, 0.25) is 0 Å². The fourth-order valence-electron chi connectivity index (χ4n) is 13.0. The highest BCUT2D eigenvalue weighted by Gasteiger charge is 2.72. The van der Waals surface area contributed by atoms with Crippen molar-refractivity contribution in [3.63, 3.8) is 0 Å². The Balaban J connectivity index is 1.36. The minimum absolute atomic E-state index is 0.00921. The van der Waals surface area contributed by atoms with E-state index in [4.69, 9.17) is 9.47 Å². The Kier molecular flexibility index (Phi) is 6.39. The van der Waals surface area contributed by atoms with Crippen molar-refractivity contribution in [3.05, 3.63) is 24.3 Å². The molecule has 0 N–H and O–H groups in total. The molecule has 0 radical (unpaired) electrons. The van der Waals surface area contributed by atoms with E-state index in [1.54, 1.807) is 6.92 Å². The van der Waals surface area contributed by atoms with Gasteiger partial charge in [0.15, 0.2) is 0 Å². The molecule has 6 aliphatic rings. The molecule has 6 fully saturated rings. The van der Waals surface area contributed by atoms with Crippen LogP contribution in [0.1, 0.15) is 119 Å². The first-order valence-electron chi connectivity index (χ1n) is 16.3. The van der Waals surface area contributed by atoms with Crippen molar-refractivity contribution in [2.24, 2.45) is 56.7 Å². The zero-order chi connectivity index (χ0) is 29.0. The van der Waals surface area contributed by atoms with Crippen molar-refractivity contribution < 1.29 is 19.1 Å². The van der Waals surface area contributed by atoms with Crippen LogP contribution in [0.3, 0.4) is 0 Å². The van der Waals surface area contributed by atoms with Crippen LogP contribution < -0.4 is 0 Å². The fourth-order valence-corrected chi connectivity index (χ4v) is 13.0. The lowest BCUT2D eigenvalue weighted by Gasteiger charge is -2.73. The number of esters is 2. The van der Waals surface area contributed by atoms with Gasteiger partial charge in [0, 0.05) is 29.7 Å². The molecule has 0 spiro atoms. The maximum absolute atomic E-state index is 12.5. The fraction of sp³-hybridized carbons (Fsp3) is 0.833. The number of cyclic esters (lactones) is 1. The predicted octanol–water partition coefficient (Wildman–Crippen LogP) is 8.45. The summed E-state index contributed by atoms with van der Waals surface area (Å²) in [6.07, 6.45) is 12.6. The Morgan fingerprint density at radius 2 is 1.60 bits per heavy atom. The predicted molar refractivity (Wildman–Crippen MR) is 158 cm³/mol. The number of ether oxygens (including phenoxy) is 2. The van der Waals surface area contributed by atoms with Crippen molar-refractivity contribution >= 4 is 11.9 Å². The van der Waals surface area contributed by atoms with Gasteiger partial charge in [0.25, 0.3) is 0 Å². The topological polar surface area (TPSA) is 52.6 Å². The molecule has 0 aromatic carbocycles. The Hall–Kier alpha value is -1.58. The molecule has 11 atom stereocenters. The average molecular weight is 551 g/mol. The molecule has 0 unspecified atom stereocenters. The number of fused-ring (bicyclic) bond motifs is 7. The third-order valence-corrected chi connectivity index (χ3v) is 15.0. The van der Waals surface area contributed by atoms with Crippen molar-refractivity contribution in [2.45, 2.75) is 131 Å². The van der Waals surface area contributed by atoms with Gasteiger partial charge >= 0.3 is 11.9 Å². The van der Waals surface area contributed by atoms with Crippen LogP contribution in [0.15, 0.2) is 24.3 Å². The monoisotopic (exact) mass is 550 g/mol. The molecule has 0 aromatic heterocycles. The number of allylic oxidation sites excluding steroid dienone is 1. The van der Waals surface area contributed by atoms with Crippen LogP contribution >= 0.6 is 0 Å². The van der Waals surface area contributed by atoms with Crippen molar-refractivity contribution in [1.29, 1.82) is 0 Å². The molecule has 5 saturated carbocycles. The lowest BCUT2D eigenvalue weighted by molar-refractivity contribution is -0.255. The number of carbonyl (C=O) groups is 2. The molecule has 0 amide bonds. The summed E-state index contributed by atoms with van der Waals surface area (Å²) in [5.74, 6) is 2.62. The van der Waals surface area contributed by atoms with Gasteiger partial charge in [-0.3, -0.25) is 4.79 Å². The lowest BCUT2D eigenvalue weighted by Crippen LogP contribution is -2.67. The van der Waals surface area contributed by atoms with Crippen LogP contribution in [0.2, 0.25) is 0 Å². The quantitative estimate of drug-likeness (QED) is 0.201. The second-order valence-corrected chi connectivity index (χ2v) is 16.6. The molecule has 222 valence electrons. The summed E-state index contributed by atoms with van der Waals surface area (Å²) < 4.78 is 12.1. The molecular weight excluding hydrogens is 496 g/mol. The van der Waals surface area contributed by atoms with Gasteiger partial charge in [-0.25, -0.2) is 4.79 Å². The molecule has 5 aliphatic carbocycles. The summed E-state index contributed by atoms with van der Waals surface area (Å²) in [5, 5.41) is 0. The Morgan fingerprint density at radius 3 is 2.23 bits per heavy atom. The van der Waals surface area contributed by atoms with Crippen LogP contribution in [0.5, 0.6) is 0 Å². The minimum atomic E-state index is -0.167. The SMILES string of the molecule is C=C1C[C@H]([C@]23CC[C@@H](C(=C)C)[C@@H]2[C@H]2CC[C@@H]4[C@@]5(C)CC[C@H](OC(C)=O)C(C)(C)[C@@H]5CC[C@@]4(C)[C@]2(C)CC3)OC1=O. The van der Waals surface area contributed by atoms with E-state index < -0.39 is 0 Å². The Labute approximate surface area is 243 Å². The largest absolute Gasteiger partial charge is 0.462 e. The zero-order valence-electron chi connectivity index (χ0n) is 26.4. The van der Waals surface area contributed by atoms with Gasteiger partial charge in [0.05, 0.1) is 0 Å². The van der Waals surface area contributed by atoms with Crippen molar-refractivity contribution in [1.82, 2.24) is 0 Å². The summed E-state index contributed by atoms with van der Waals surface area (Å²) in [5.41, 5.74) is 2.84. The number of hydrogen-bond donors (Lipinski definition) is 0. The van der Waals surface area contributed by atoms with E-state index in [9.17, 15) is 9.59 Å². The van der Waals surface area contributed by atoms with Gasteiger partial charge in [-0.05, 0) is 117 Å². The summed E-state index contributed by atoms with van der Waals surface area (Å²) in [6.45, 7) is 25.1. The second kappa shape index (κ2) is 8.96.